The van der Waals surface area contributed by atoms with Crippen LogP contribution in [-0.4, -0.2) is 19.2 Å². The molecule has 0 aliphatic heterocycles. The molecule has 5 nitrogen and oxygen atoms in total. The van der Waals surface area contributed by atoms with Crippen molar-refractivity contribution in [3.05, 3.63) is 66.2 Å². The van der Waals surface area contributed by atoms with Gasteiger partial charge in [-0.1, -0.05) is 32.1 Å². The number of esters is 1. The lowest BCUT2D eigenvalue weighted by atomic mass is 10.1. The number of unbranched alkanes of at least 4 members (excludes halogenated alkanes) is 2. The predicted molar refractivity (Wildman–Crippen MR) is 116 cm³/mol. The van der Waals surface area contributed by atoms with Crippen molar-refractivity contribution in [1.82, 2.24) is 0 Å². The van der Waals surface area contributed by atoms with E-state index < -0.39 is 0 Å². The first-order valence-electron chi connectivity index (χ1n) is 10.1. The van der Waals surface area contributed by atoms with Crippen molar-refractivity contribution in [2.24, 2.45) is 10.2 Å². The monoisotopic (exact) mass is 394 g/mol. The van der Waals surface area contributed by atoms with E-state index in [1.165, 1.54) is 18.4 Å². The predicted octanol–water partition coefficient (Wildman–Crippen LogP) is 6.72. The van der Waals surface area contributed by atoms with Crippen molar-refractivity contribution in [2.75, 3.05) is 13.2 Å². The summed E-state index contributed by atoms with van der Waals surface area (Å²) in [5, 5.41) is 8.56. The summed E-state index contributed by atoms with van der Waals surface area (Å²) in [6.07, 6.45) is 5.07. The van der Waals surface area contributed by atoms with E-state index in [4.69, 9.17) is 9.47 Å². The van der Waals surface area contributed by atoms with Crippen molar-refractivity contribution in [1.29, 1.82) is 0 Å². The Morgan fingerprint density at radius 2 is 1.48 bits per heavy atom. The standard InChI is InChI=1S/C24H30N2O3/c1-4-5-8-20-9-11-21(12-10-20)25-26-22-13-15-23(16-14-22)28-17-6-7-18-29-24(27)19(2)3/h9-16H,2,4-8,17-18H2,1,3H3. The Morgan fingerprint density at radius 1 is 0.897 bits per heavy atom. The van der Waals surface area contributed by atoms with Gasteiger partial charge in [0.25, 0.3) is 0 Å². The number of azo groups is 1. The molecule has 29 heavy (non-hydrogen) atoms. The minimum atomic E-state index is -0.344. The van der Waals surface area contributed by atoms with Gasteiger partial charge in [-0.25, -0.2) is 4.79 Å². The average Bonchev–Trinajstić information content (AvgIpc) is 2.74. The van der Waals surface area contributed by atoms with Crippen LogP contribution in [0.2, 0.25) is 0 Å². The summed E-state index contributed by atoms with van der Waals surface area (Å²) in [5.74, 6) is 0.436. The maximum Gasteiger partial charge on any atom is 0.333 e. The van der Waals surface area contributed by atoms with E-state index in [1.807, 2.05) is 36.4 Å². The lowest BCUT2D eigenvalue weighted by molar-refractivity contribution is -0.139. The molecule has 0 aliphatic carbocycles. The zero-order valence-corrected chi connectivity index (χ0v) is 17.4. The fourth-order valence-corrected chi connectivity index (χ4v) is 2.52. The van der Waals surface area contributed by atoms with Gasteiger partial charge in [-0.15, -0.1) is 0 Å². The average molecular weight is 395 g/mol. The van der Waals surface area contributed by atoms with Gasteiger partial charge in [0.1, 0.15) is 5.75 Å². The summed E-state index contributed by atoms with van der Waals surface area (Å²) < 4.78 is 10.7. The molecule has 0 unspecified atom stereocenters. The Bertz CT molecular complexity index is 796. The molecule has 0 radical (unpaired) electrons. The lowest BCUT2D eigenvalue weighted by Gasteiger charge is -2.07. The van der Waals surface area contributed by atoms with Gasteiger partial charge in [-0.3, -0.25) is 0 Å². The molecule has 0 aliphatic rings. The third kappa shape index (κ3) is 8.73. The second-order valence-corrected chi connectivity index (χ2v) is 6.94. The number of nitrogens with zero attached hydrogens (tertiary/aromatic N) is 2. The van der Waals surface area contributed by atoms with Gasteiger partial charge in [0.15, 0.2) is 0 Å². The Morgan fingerprint density at radius 3 is 2.07 bits per heavy atom. The first-order chi connectivity index (χ1) is 14.1. The van der Waals surface area contributed by atoms with E-state index >= 15 is 0 Å². The third-order valence-electron chi connectivity index (χ3n) is 4.26. The molecule has 2 rings (SSSR count). The molecule has 0 saturated carbocycles. The van der Waals surface area contributed by atoms with E-state index in [2.05, 4.69) is 35.9 Å². The van der Waals surface area contributed by atoms with Crippen LogP contribution in [0.3, 0.4) is 0 Å². The maximum atomic E-state index is 11.3. The molecule has 0 atom stereocenters. The normalized spacial score (nSPS) is 10.8. The number of ether oxygens (including phenoxy) is 2. The Labute approximate surface area is 173 Å². The molecule has 0 amide bonds. The van der Waals surface area contributed by atoms with Crippen molar-refractivity contribution < 1.29 is 14.3 Å². The van der Waals surface area contributed by atoms with Crippen molar-refractivity contribution in [3.8, 4) is 5.75 Å². The van der Waals surface area contributed by atoms with Crippen LogP contribution in [-0.2, 0) is 16.0 Å². The fraction of sp³-hybridized carbons (Fsp3) is 0.375. The van der Waals surface area contributed by atoms with E-state index in [0.717, 1.165) is 36.4 Å². The topological polar surface area (TPSA) is 60.2 Å². The molecule has 154 valence electrons. The second kappa shape index (κ2) is 12.5. The molecule has 2 aromatic rings. The first kappa shape index (κ1) is 22.3. The molecule has 2 aromatic carbocycles. The Hall–Kier alpha value is -2.95. The van der Waals surface area contributed by atoms with Crippen LogP contribution in [0.5, 0.6) is 5.75 Å². The van der Waals surface area contributed by atoms with Crippen molar-refractivity contribution in [3.63, 3.8) is 0 Å². The maximum absolute atomic E-state index is 11.3. The number of rotatable bonds is 12. The van der Waals surface area contributed by atoms with Crippen LogP contribution in [0.1, 0.15) is 45.1 Å². The van der Waals surface area contributed by atoms with Crippen molar-refractivity contribution in [2.45, 2.75) is 46.0 Å². The van der Waals surface area contributed by atoms with E-state index in [1.54, 1.807) is 6.92 Å². The third-order valence-corrected chi connectivity index (χ3v) is 4.26. The Balaban J connectivity index is 1.70. The number of benzene rings is 2. The molecule has 0 saturated heterocycles. The van der Waals surface area contributed by atoms with Gasteiger partial charge in [0.05, 0.1) is 24.6 Å². The highest BCUT2D eigenvalue weighted by Gasteiger charge is 2.02. The minimum Gasteiger partial charge on any atom is -0.494 e. The quantitative estimate of drug-likeness (QED) is 0.174. The zero-order valence-electron chi connectivity index (χ0n) is 17.4. The van der Waals surface area contributed by atoms with Gasteiger partial charge in [-0.05, 0) is 74.6 Å². The lowest BCUT2D eigenvalue weighted by Crippen LogP contribution is -2.07. The van der Waals surface area contributed by atoms with Gasteiger partial charge in [-0.2, -0.15) is 10.2 Å². The Kier molecular flexibility index (Phi) is 9.63. The number of hydrogen-bond acceptors (Lipinski definition) is 5. The summed E-state index contributed by atoms with van der Waals surface area (Å²) >= 11 is 0. The summed E-state index contributed by atoms with van der Waals surface area (Å²) in [7, 11) is 0. The van der Waals surface area contributed by atoms with Crippen LogP contribution in [0.25, 0.3) is 0 Å². The highest BCUT2D eigenvalue weighted by molar-refractivity contribution is 5.86. The van der Waals surface area contributed by atoms with E-state index in [0.29, 0.717) is 18.8 Å². The second-order valence-electron chi connectivity index (χ2n) is 6.94. The van der Waals surface area contributed by atoms with Crippen LogP contribution < -0.4 is 4.74 Å². The first-order valence-corrected chi connectivity index (χ1v) is 10.1. The molecule has 0 bridgehead atoms. The summed E-state index contributed by atoms with van der Waals surface area (Å²) in [6.45, 7) is 8.33. The number of aryl methyl sites for hydroxylation is 1. The van der Waals surface area contributed by atoms with Crippen LogP contribution in [0.15, 0.2) is 70.9 Å². The van der Waals surface area contributed by atoms with E-state index in [-0.39, 0.29) is 5.97 Å². The van der Waals surface area contributed by atoms with Gasteiger partial charge < -0.3 is 9.47 Å². The smallest absolute Gasteiger partial charge is 0.333 e. The van der Waals surface area contributed by atoms with Crippen LogP contribution >= 0.6 is 0 Å². The van der Waals surface area contributed by atoms with Gasteiger partial charge in [0.2, 0.25) is 0 Å². The molecule has 0 N–H and O–H groups in total. The molecule has 0 aromatic heterocycles. The highest BCUT2D eigenvalue weighted by atomic mass is 16.5. The molecular formula is C24H30N2O3. The van der Waals surface area contributed by atoms with Crippen LogP contribution in [0, 0.1) is 0 Å². The fourth-order valence-electron chi connectivity index (χ4n) is 2.52. The summed E-state index contributed by atoms with van der Waals surface area (Å²) in [4.78, 5) is 11.3. The molecule has 0 heterocycles. The van der Waals surface area contributed by atoms with Crippen LogP contribution in [0.4, 0.5) is 11.4 Å². The van der Waals surface area contributed by atoms with E-state index in [9.17, 15) is 4.79 Å². The molecule has 5 heteroatoms. The highest BCUT2D eigenvalue weighted by Crippen LogP contribution is 2.22. The number of hydrogen-bond donors (Lipinski definition) is 0. The SMILES string of the molecule is C=C(C)C(=O)OCCCCOc1ccc(N=Nc2ccc(CCCC)cc2)cc1. The molecule has 0 spiro atoms. The van der Waals surface area contributed by atoms with Crippen molar-refractivity contribution >= 4 is 17.3 Å². The number of carbonyl (C=O) groups is 1. The minimum absolute atomic E-state index is 0.344. The largest absolute Gasteiger partial charge is 0.494 e. The zero-order chi connectivity index (χ0) is 20.9. The molecular weight excluding hydrogens is 364 g/mol. The van der Waals surface area contributed by atoms with Gasteiger partial charge >= 0.3 is 5.97 Å². The summed E-state index contributed by atoms with van der Waals surface area (Å²) in [5.41, 5.74) is 3.38. The van der Waals surface area contributed by atoms with Gasteiger partial charge in [0, 0.05) is 5.57 Å². The summed E-state index contributed by atoms with van der Waals surface area (Å²) in [6, 6.07) is 15.7. The molecule has 0 fully saturated rings. The number of carbonyl (C=O) groups excluding carboxylic acids is 1.